The van der Waals surface area contributed by atoms with Gasteiger partial charge in [0.15, 0.2) is 0 Å². The minimum Gasteiger partial charge on any atom is -0.497 e. The van der Waals surface area contributed by atoms with Crippen molar-refractivity contribution in [3.05, 3.63) is 58.1 Å². The molecule has 11 heteroatoms. The van der Waals surface area contributed by atoms with Crippen molar-refractivity contribution in [2.24, 2.45) is 0 Å². The van der Waals surface area contributed by atoms with Crippen LogP contribution in [0.25, 0.3) is 0 Å². The quantitative estimate of drug-likeness (QED) is 0.460. The van der Waals surface area contributed by atoms with Crippen LogP contribution in [0.3, 0.4) is 0 Å². The van der Waals surface area contributed by atoms with Crippen LogP contribution >= 0.6 is 23.2 Å². The van der Waals surface area contributed by atoms with Crippen LogP contribution in [-0.4, -0.2) is 57.1 Å². The molecule has 1 N–H and O–H groups in total. The summed E-state index contributed by atoms with van der Waals surface area (Å²) in [5.41, 5.74) is 0.834. The average Bonchev–Trinajstić information content (AvgIpc) is 2.78. The standard InChI is InChI=1S/C24H31Cl2N3O5S/c1-6-21(24(31)27-16(2)3)28(14-17-7-10-19(34-4)11-8-17)23(30)15-29(35(5,32)33)22-13-18(25)9-12-20(22)26/h7-13,16,21H,6,14-15H2,1-5H3,(H,27,31)/t21-/m0/s1. The lowest BCUT2D eigenvalue weighted by Gasteiger charge is -2.33. The molecular weight excluding hydrogens is 513 g/mol. The molecule has 0 spiro atoms. The van der Waals surface area contributed by atoms with Gasteiger partial charge in [-0.2, -0.15) is 0 Å². The number of carbonyl (C=O) groups is 2. The number of amides is 2. The van der Waals surface area contributed by atoms with Crippen molar-refractivity contribution in [1.82, 2.24) is 10.2 Å². The fraction of sp³-hybridized carbons (Fsp3) is 0.417. The number of sulfonamides is 1. The first-order valence-electron chi connectivity index (χ1n) is 11.0. The van der Waals surface area contributed by atoms with Gasteiger partial charge in [0.2, 0.25) is 21.8 Å². The molecule has 35 heavy (non-hydrogen) atoms. The third-order valence-corrected chi connectivity index (χ3v) is 6.87. The number of nitrogens with zero attached hydrogens (tertiary/aromatic N) is 2. The van der Waals surface area contributed by atoms with Crippen molar-refractivity contribution < 1.29 is 22.7 Å². The number of benzene rings is 2. The highest BCUT2D eigenvalue weighted by atomic mass is 35.5. The highest BCUT2D eigenvalue weighted by molar-refractivity contribution is 7.92. The van der Waals surface area contributed by atoms with E-state index in [1.807, 2.05) is 13.8 Å². The fourth-order valence-electron chi connectivity index (χ4n) is 3.50. The molecule has 0 aliphatic rings. The maximum atomic E-state index is 13.6. The maximum absolute atomic E-state index is 13.6. The summed E-state index contributed by atoms with van der Waals surface area (Å²) in [6.45, 7) is 4.98. The SMILES string of the molecule is CC[C@@H](C(=O)NC(C)C)N(Cc1ccc(OC)cc1)C(=O)CN(c1cc(Cl)ccc1Cl)S(C)(=O)=O. The summed E-state index contributed by atoms with van der Waals surface area (Å²) in [5.74, 6) is -0.237. The van der Waals surface area contributed by atoms with E-state index in [4.69, 9.17) is 27.9 Å². The first-order chi connectivity index (χ1) is 16.4. The summed E-state index contributed by atoms with van der Waals surface area (Å²) in [6, 6.07) is 10.5. The highest BCUT2D eigenvalue weighted by Gasteiger charge is 2.32. The molecule has 0 aromatic heterocycles. The zero-order chi connectivity index (χ0) is 26.3. The number of hydrogen-bond donors (Lipinski definition) is 1. The monoisotopic (exact) mass is 543 g/mol. The second kappa shape index (κ2) is 12.5. The Bertz CT molecular complexity index is 1140. The van der Waals surface area contributed by atoms with E-state index in [0.29, 0.717) is 12.2 Å². The van der Waals surface area contributed by atoms with Gasteiger partial charge in [-0.25, -0.2) is 8.42 Å². The molecule has 0 heterocycles. The summed E-state index contributed by atoms with van der Waals surface area (Å²) in [7, 11) is -2.36. The van der Waals surface area contributed by atoms with Crippen LogP contribution in [0.1, 0.15) is 32.8 Å². The van der Waals surface area contributed by atoms with Gasteiger partial charge in [0.1, 0.15) is 18.3 Å². The van der Waals surface area contributed by atoms with E-state index in [9.17, 15) is 18.0 Å². The van der Waals surface area contributed by atoms with E-state index < -0.39 is 28.5 Å². The lowest BCUT2D eigenvalue weighted by molar-refractivity contribution is -0.140. The van der Waals surface area contributed by atoms with Crippen molar-refractivity contribution in [2.75, 3.05) is 24.2 Å². The molecule has 2 aromatic carbocycles. The fourth-order valence-corrected chi connectivity index (χ4v) is 4.79. The average molecular weight is 545 g/mol. The molecule has 1 atom stereocenters. The van der Waals surface area contributed by atoms with Crippen LogP contribution in [0, 0.1) is 0 Å². The molecule has 8 nitrogen and oxygen atoms in total. The van der Waals surface area contributed by atoms with Crippen LogP contribution in [0.4, 0.5) is 5.69 Å². The number of ether oxygens (including phenoxy) is 1. The van der Waals surface area contributed by atoms with Gasteiger partial charge < -0.3 is 15.0 Å². The van der Waals surface area contributed by atoms with E-state index >= 15 is 0 Å². The molecule has 192 valence electrons. The van der Waals surface area contributed by atoms with Gasteiger partial charge in [0.25, 0.3) is 0 Å². The second-order valence-electron chi connectivity index (χ2n) is 8.32. The maximum Gasteiger partial charge on any atom is 0.244 e. The minimum atomic E-state index is -3.91. The summed E-state index contributed by atoms with van der Waals surface area (Å²) in [5, 5.41) is 3.23. The van der Waals surface area contributed by atoms with E-state index in [1.54, 1.807) is 38.3 Å². The Hall–Kier alpha value is -2.49. The van der Waals surface area contributed by atoms with E-state index in [1.165, 1.54) is 23.1 Å². The third-order valence-electron chi connectivity index (χ3n) is 5.18. The van der Waals surface area contributed by atoms with Gasteiger partial charge in [-0.05, 0) is 56.2 Å². The minimum absolute atomic E-state index is 0.0825. The number of nitrogens with one attached hydrogen (secondary N) is 1. The molecule has 0 aliphatic heterocycles. The molecule has 0 saturated heterocycles. The van der Waals surface area contributed by atoms with Crippen molar-refractivity contribution in [3.8, 4) is 5.75 Å². The predicted octanol–water partition coefficient (Wildman–Crippen LogP) is 4.10. The predicted molar refractivity (Wildman–Crippen MR) is 140 cm³/mol. The molecule has 0 saturated carbocycles. The van der Waals surface area contributed by atoms with Crippen LogP contribution in [0.15, 0.2) is 42.5 Å². The molecule has 2 aromatic rings. The van der Waals surface area contributed by atoms with Crippen LogP contribution in [-0.2, 0) is 26.2 Å². The summed E-state index contributed by atoms with van der Waals surface area (Å²) < 4.78 is 31.4. The molecule has 0 unspecified atom stereocenters. The normalized spacial score (nSPS) is 12.2. The number of halogens is 2. The van der Waals surface area contributed by atoms with Crippen molar-refractivity contribution in [3.63, 3.8) is 0 Å². The summed E-state index contributed by atoms with van der Waals surface area (Å²) in [6.07, 6.45) is 1.31. The van der Waals surface area contributed by atoms with Gasteiger partial charge in [-0.15, -0.1) is 0 Å². The van der Waals surface area contributed by atoms with Crippen LogP contribution in [0.2, 0.25) is 10.0 Å². The van der Waals surface area contributed by atoms with Gasteiger partial charge in [-0.3, -0.25) is 13.9 Å². The Morgan fingerprint density at radius 2 is 1.71 bits per heavy atom. The summed E-state index contributed by atoms with van der Waals surface area (Å²) in [4.78, 5) is 28.0. The zero-order valence-electron chi connectivity index (χ0n) is 20.4. The Morgan fingerprint density at radius 1 is 1.09 bits per heavy atom. The third kappa shape index (κ3) is 8.02. The number of hydrogen-bond acceptors (Lipinski definition) is 5. The number of methoxy groups -OCH3 is 1. The molecular formula is C24H31Cl2N3O5S. The Kier molecular flexibility index (Phi) is 10.2. The largest absolute Gasteiger partial charge is 0.497 e. The first kappa shape index (κ1) is 28.7. The highest BCUT2D eigenvalue weighted by Crippen LogP contribution is 2.31. The van der Waals surface area contributed by atoms with Crippen LogP contribution in [0.5, 0.6) is 5.75 Å². The van der Waals surface area contributed by atoms with E-state index in [0.717, 1.165) is 16.1 Å². The van der Waals surface area contributed by atoms with Gasteiger partial charge in [-0.1, -0.05) is 42.3 Å². The molecule has 0 bridgehead atoms. The topological polar surface area (TPSA) is 96.0 Å². The molecule has 0 radical (unpaired) electrons. The van der Waals surface area contributed by atoms with Crippen molar-refractivity contribution >= 4 is 50.7 Å². The number of anilines is 1. The molecule has 0 fully saturated rings. The van der Waals surface area contributed by atoms with Crippen molar-refractivity contribution in [2.45, 2.75) is 45.8 Å². The van der Waals surface area contributed by atoms with E-state index in [-0.39, 0.29) is 34.2 Å². The van der Waals surface area contributed by atoms with Gasteiger partial charge in [0, 0.05) is 17.6 Å². The molecule has 2 amide bonds. The lowest BCUT2D eigenvalue weighted by Crippen LogP contribution is -2.53. The zero-order valence-corrected chi connectivity index (χ0v) is 22.7. The smallest absolute Gasteiger partial charge is 0.244 e. The summed E-state index contributed by atoms with van der Waals surface area (Å²) >= 11 is 12.3. The lowest BCUT2D eigenvalue weighted by atomic mass is 10.1. The van der Waals surface area contributed by atoms with Crippen LogP contribution < -0.4 is 14.4 Å². The first-order valence-corrected chi connectivity index (χ1v) is 13.6. The van der Waals surface area contributed by atoms with Crippen molar-refractivity contribution in [1.29, 1.82) is 0 Å². The molecule has 2 rings (SSSR count). The van der Waals surface area contributed by atoms with Gasteiger partial charge >= 0.3 is 0 Å². The Labute approximate surface area is 217 Å². The number of rotatable bonds is 11. The second-order valence-corrected chi connectivity index (χ2v) is 11.1. The Morgan fingerprint density at radius 3 is 2.23 bits per heavy atom. The van der Waals surface area contributed by atoms with Gasteiger partial charge in [0.05, 0.1) is 24.1 Å². The number of carbonyl (C=O) groups excluding carboxylic acids is 2. The van der Waals surface area contributed by atoms with E-state index in [2.05, 4.69) is 5.32 Å². The Balaban J connectivity index is 2.48. The molecule has 0 aliphatic carbocycles.